The van der Waals surface area contributed by atoms with Crippen molar-refractivity contribution >= 4 is 22.6 Å². The lowest BCUT2D eigenvalue weighted by Crippen LogP contribution is -2.08. The van der Waals surface area contributed by atoms with E-state index in [9.17, 15) is 0 Å². The first-order valence-corrected chi connectivity index (χ1v) is 6.37. The molecule has 0 radical (unpaired) electrons. The molecule has 0 heterocycles. The van der Waals surface area contributed by atoms with Crippen LogP contribution in [0.3, 0.4) is 0 Å². The quantitative estimate of drug-likeness (QED) is 0.624. The molecule has 0 aliphatic carbocycles. The van der Waals surface area contributed by atoms with E-state index in [-0.39, 0.29) is 0 Å². The van der Waals surface area contributed by atoms with Gasteiger partial charge in [-0.15, -0.1) is 0 Å². The van der Waals surface area contributed by atoms with Crippen molar-refractivity contribution in [3.63, 3.8) is 0 Å². The molecule has 0 saturated carbocycles. The van der Waals surface area contributed by atoms with Gasteiger partial charge >= 0.3 is 0 Å². The summed E-state index contributed by atoms with van der Waals surface area (Å²) >= 11 is 1.57. The van der Waals surface area contributed by atoms with Crippen LogP contribution in [0.5, 0.6) is 0 Å². The maximum absolute atomic E-state index is 5.81. The molecule has 0 saturated heterocycles. The third-order valence-electron chi connectivity index (χ3n) is 2.31. The average Bonchev–Trinajstić information content (AvgIpc) is 2.24. The van der Waals surface area contributed by atoms with E-state index in [0.29, 0.717) is 5.17 Å². The van der Waals surface area contributed by atoms with Gasteiger partial charge in [0.2, 0.25) is 0 Å². The molecule has 16 heavy (non-hydrogen) atoms. The molecule has 0 aliphatic heterocycles. The Kier molecular flexibility index (Phi) is 5.35. The van der Waals surface area contributed by atoms with E-state index >= 15 is 0 Å². The standard InChI is InChI=1S/C12H19N3S/c1-4-16-12(13)15-11-7-5-6-10(8-14-3)9(11)2/h5-7,14H,4,8H2,1-3H3,(H2,13,15). The zero-order valence-corrected chi connectivity index (χ0v) is 10.9. The van der Waals surface area contributed by atoms with E-state index in [1.54, 1.807) is 11.8 Å². The summed E-state index contributed by atoms with van der Waals surface area (Å²) in [6, 6.07) is 6.12. The maximum atomic E-state index is 5.81. The van der Waals surface area contributed by atoms with Crippen LogP contribution in [-0.4, -0.2) is 18.0 Å². The Labute approximate surface area is 102 Å². The summed E-state index contributed by atoms with van der Waals surface area (Å²) in [6.07, 6.45) is 0. The molecule has 3 nitrogen and oxygen atoms in total. The predicted octanol–water partition coefficient (Wildman–Crippen LogP) is 2.41. The smallest absolute Gasteiger partial charge is 0.159 e. The minimum Gasteiger partial charge on any atom is -0.378 e. The highest BCUT2D eigenvalue weighted by atomic mass is 32.2. The Hall–Kier alpha value is -1.00. The third kappa shape index (κ3) is 3.54. The van der Waals surface area contributed by atoms with Gasteiger partial charge < -0.3 is 11.1 Å². The molecule has 0 unspecified atom stereocenters. The van der Waals surface area contributed by atoms with Crippen molar-refractivity contribution in [1.29, 1.82) is 0 Å². The van der Waals surface area contributed by atoms with Crippen LogP contribution >= 0.6 is 11.8 Å². The number of thioether (sulfide) groups is 1. The number of rotatable bonds is 4. The van der Waals surface area contributed by atoms with Gasteiger partial charge in [0.15, 0.2) is 5.17 Å². The molecule has 88 valence electrons. The second-order valence-electron chi connectivity index (χ2n) is 3.47. The van der Waals surface area contributed by atoms with E-state index in [4.69, 9.17) is 5.73 Å². The largest absolute Gasteiger partial charge is 0.378 e. The lowest BCUT2D eigenvalue weighted by Gasteiger charge is -2.08. The molecular weight excluding hydrogens is 218 g/mol. The number of nitrogens with one attached hydrogen (secondary N) is 1. The zero-order chi connectivity index (χ0) is 12.0. The van der Waals surface area contributed by atoms with Crippen molar-refractivity contribution in [2.75, 3.05) is 12.8 Å². The molecule has 0 aromatic heterocycles. The summed E-state index contributed by atoms with van der Waals surface area (Å²) in [6.45, 7) is 5.00. The van der Waals surface area contributed by atoms with Gasteiger partial charge in [-0.3, -0.25) is 0 Å². The summed E-state index contributed by atoms with van der Waals surface area (Å²) in [5.74, 6) is 0.949. The molecule has 4 heteroatoms. The summed E-state index contributed by atoms with van der Waals surface area (Å²) in [4.78, 5) is 4.42. The number of benzene rings is 1. The highest BCUT2D eigenvalue weighted by molar-refractivity contribution is 8.13. The van der Waals surface area contributed by atoms with E-state index < -0.39 is 0 Å². The molecule has 1 aromatic carbocycles. The fourth-order valence-corrected chi connectivity index (χ4v) is 1.93. The number of hydrogen-bond donors (Lipinski definition) is 2. The average molecular weight is 237 g/mol. The second kappa shape index (κ2) is 6.55. The summed E-state index contributed by atoms with van der Waals surface area (Å²) in [5, 5.41) is 3.78. The van der Waals surface area contributed by atoms with Crippen LogP contribution in [0, 0.1) is 6.92 Å². The van der Waals surface area contributed by atoms with Crippen molar-refractivity contribution in [2.45, 2.75) is 20.4 Å². The van der Waals surface area contributed by atoms with Crippen molar-refractivity contribution in [3.05, 3.63) is 29.3 Å². The van der Waals surface area contributed by atoms with Gasteiger partial charge in [0, 0.05) is 6.54 Å². The summed E-state index contributed by atoms with van der Waals surface area (Å²) in [7, 11) is 1.94. The van der Waals surface area contributed by atoms with Crippen LogP contribution in [0.15, 0.2) is 23.2 Å². The minimum absolute atomic E-state index is 0.632. The van der Waals surface area contributed by atoms with E-state index in [1.807, 2.05) is 19.2 Å². The Bertz CT molecular complexity index is 375. The van der Waals surface area contributed by atoms with Crippen LogP contribution in [0.25, 0.3) is 0 Å². The first kappa shape index (κ1) is 13.1. The fraction of sp³-hybridized carbons (Fsp3) is 0.417. The SMILES string of the molecule is CCSC(N)=Nc1cccc(CNC)c1C. The van der Waals surface area contributed by atoms with Crippen molar-refractivity contribution in [1.82, 2.24) is 5.32 Å². The van der Waals surface area contributed by atoms with Gasteiger partial charge in [-0.05, 0) is 36.9 Å². The minimum atomic E-state index is 0.632. The molecule has 1 aromatic rings. The van der Waals surface area contributed by atoms with E-state index in [1.165, 1.54) is 11.1 Å². The molecule has 0 atom stereocenters. The number of aliphatic imine (C=N–C) groups is 1. The van der Waals surface area contributed by atoms with Crippen molar-refractivity contribution < 1.29 is 0 Å². The number of nitrogens with two attached hydrogens (primary N) is 1. The van der Waals surface area contributed by atoms with Crippen LogP contribution in [0.4, 0.5) is 5.69 Å². The Morgan fingerprint density at radius 2 is 2.25 bits per heavy atom. The summed E-state index contributed by atoms with van der Waals surface area (Å²) in [5.41, 5.74) is 9.22. The van der Waals surface area contributed by atoms with Gasteiger partial charge in [-0.1, -0.05) is 30.8 Å². The molecular formula is C12H19N3S. The number of amidine groups is 1. The first-order chi connectivity index (χ1) is 7.69. The molecule has 3 N–H and O–H groups in total. The molecule has 1 rings (SSSR count). The molecule has 0 bridgehead atoms. The van der Waals surface area contributed by atoms with Gasteiger partial charge in [0.25, 0.3) is 0 Å². The number of hydrogen-bond acceptors (Lipinski definition) is 3. The third-order valence-corrected chi connectivity index (χ3v) is 2.98. The Morgan fingerprint density at radius 3 is 2.88 bits per heavy atom. The monoisotopic (exact) mass is 237 g/mol. The lowest BCUT2D eigenvalue weighted by atomic mass is 10.1. The highest BCUT2D eigenvalue weighted by Crippen LogP contribution is 2.22. The van der Waals surface area contributed by atoms with Crippen molar-refractivity contribution in [2.24, 2.45) is 10.7 Å². The van der Waals surface area contributed by atoms with Gasteiger partial charge in [-0.2, -0.15) is 0 Å². The van der Waals surface area contributed by atoms with E-state index in [0.717, 1.165) is 18.0 Å². The molecule has 0 fully saturated rings. The summed E-state index contributed by atoms with van der Waals surface area (Å²) < 4.78 is 0. The fourth-order valence-electron chi connectivity index (χ4n) is 1.47. The van der Waals surface area contributed by atoms with E-state index in [2.05, 4.69) is 30.2 Å². The van der Waals surface area contributed by atoms with Crippen LogP contribution < -0.4 is 11.1 Å². The molecule has 0 spiro atoms. The Morgan fingerprint density at radius 1 is 1.50 bits per heavy atom. The van der Waals surface area contributed by atoms with Gasteiger partial charge in [0.05, 0.1) is 5.69 Å². The normalized spacial score (nSPS) is 11.8. The lowest BCUT2D eigenvalue weighted by molar-refractivity contribution is 0.812. The first-order valence-electron chi connectivity index (χ1n) is 5.39. The molecule has 0 aliphatic rings. The second-order valence-corrected chi connectivity index (χ2v) is 4.76. The van der Waals surface area contributed by atoms with Crippen LogP contribution in [0.1, 0.15) is 18.1 Å². The topological polar surface area (TPSA) is 50.4 Å². The molecule has 0 amide bonds. The Balaban J connectivity index is 2.96. The van der Waals surface area contributed by atoms with Gasteiger partial charge in [0.1, 0.15) is 0 Å². The van der Waals surface area contributed by atoms with Crippen molar-refractivity contribution in [3.8, 4) is 0 Å². The van der Waals surface area contributed by atoms with Crippen LogP contribution in [-0.2, 0) is 6.54 Å². The van der Waals surface area contributed by atoms with Crippen LogP contribution in [0.2, 0.25) is 0 Å². The predicted molar refractivity (Wildman–Crippen MR) is 73.4 cm³/mol. The van der Waals surface area contributed by atoms with Gasteiger partial charge in [-0.25, -0.2) is 4.99 Å². The number of nitrogens with zero attached hydrogens (tertiary/aromatic N) is 1. The zero-order valence-electron chi connectivity index (χ0n) is 10.1. The highest BCUT2D eigenvalue weighted by Gasteiger charge is 2.02. The maximum Gasteiger partial charge on any atom is 0.159 e.